The van der Waals surface area contributed by atoms with Gasteiger partial charge in [0.2, 0.25) is 0 Å². The van der Waals surface area contributed by atoms with Gasteiger partial charge in [0.1, 0.15) is 11.6 Å². The Bertz CT molecular complexity index is 396. The Hall–Kier alpha value is -1.62. The maximum absolute atomic E-state index is 13.3. The van der Waals surface area contributed by atoms with Crippen LogP contribution in [0.2, 0.25) is 0 Å². The molecule has 0 aliphatic carbocycles. The van der Waals surface area contributed by atoms with Gasteiger partial charge in [0.25, 0.3) is 0 Å². The monoisotopic (exact) mass is 255 g/mol. The molecule has 1 rings (SSSR count). The third-order valence-electron chi connectivity index (χ3n) is 2.33. The van der Waals surface area contributed by atoms with E-state index in [-0.39, 0.29) is 11.8 Å². The van der Waals surface area contributed by atoms with Crippen LogP contribution in [0, 0.1) is 5.82 Å². The molecule has 0 bridgehead atoms. The van der Waals surface area contributed by atoms with Crippen LogP contribution in [0.25, 0.3) is 0 Å². The van der Waals surface area contributed by atoms with Crippen LogP contribution in [-0.4, -0.2) is 26.7 Å². The van der Waals surface area contributed by atoms with Crippen molar-refractivity contribution in [3.63, 3.8) is 0 Å². The molecule has 1 N–H and O–H groups in total. The molecule has 0 spiro atoms. The topological polar surface area (TPSA) is 47.6 Å². The second-order valence-corrected chi connectivity index (χ2v) is 3.85. The Morgan fingerprint density at radius 1 is 1.39 bits per heavy atom. The summed E-state index contributed by atoms with van der Waals surface area (Å²) in [4.78, 5) is 10.9. The van der Waals surface area contributed by atoms with Crippen molar-refractivity contribution in [1.29, 1.82) is 0 Å². The predicted octanol–water partition coefficient (Wildman–Crippen LogP) is 1.88. The Labute approximate surface area is 106 Å². The van der Waals surface area contributed by atoms with Gasteiger partial charge >= 0.3 is 5.97 Å². The van der Waals surface area contributed by atoms with Crippen molar-refractivity contribution in [1.82, 2.24) is 5.32 Å². The number of halogens is 1. The largest absolute Gasteiger partial charge is 0.493 e. The molecule has 0 atom stereocenters. The average molecular weight is 255 g/mol. The number of ether oxygens (including phenoxy) is 2. The number of rotatable bonds is 7. The molecule has 0 amide bonds. The first-order chi connectivity index (χ1) is 8.65. The second kappa shape index (κ2) is 7.66. The Kier molecular flexibility index (Phi) is 6.14. The highest BCUT2D eigenvalue weighted by atomic mass is 19.1. The number of methoxy groups -OCH3 is 1. The summed E-state index contributed by atoms with van der Waals surface area (Å²) in [5.74, 6) is -0.121. The summed E-state index contributed by atoms with van der Waals surface area (Å²) < 4.78 is 23.2. The Balaban J connectivity index is 2.44. The molecule has 0 unspecified atom stereocenters. The molecule has 5 heteroatoms. The van der Waals surface area contributed by atoms with E-state index in [9.17, 15) is 9.18 Å². The summed E-state index contributed by atoms with van der Waals surface area (Å²) >= 11 is 0. The van der Waals surface area contributed by atoms with Gasteiger partial charge in [0, 0.05) is 19.0 Å². The fourth-order valence-electron chi connectivity index (χ4n) is 1.52. The van der Waals surface area contributed by atoms with Crippen LogP contribution in [-0.2, 0) is 16.1 Å². The SMILES string of the molecule is CNCc1cc(F)cc(OCCCC(=O)OC)c1. The molecule has 0 saturated heterocycles. The minimum atomic E-state index is -0.328. The van der Waals surface area contributed by atoms with Crippen LogP contribution < -0.4 is 10.1 Å². The maximum atomic E-state index is 13.3. The lowest BCUT2D eigenvalue weighted by atomic mass is 10.2. The molecule has 0 saturated carbocycles. The minimum absolute atomic E-state index is 0.270. The summed E-state index contributed by atoms with van der Waals surface area (Å²) in [5.41, 5.74) is 0.820. The fourth-order valence-corrected chi connectivity index (χ4v) is 1.52. The normalized spacial score (nSPS) is 10.2. The van der Waals surface area contributed by atoms with E-state index in [2.05, 4.69) is 10.1 Å². The van der Waals surface area contributed by atoms with Gasteiger partial charge in [0.05, 0.1) is 13.7 Å². The van der Waals surface area contributed by atoms with Gasteiger partial charge in [-0.1, -0.05) is 0 Å². The van der Waals surface area contributed by atoms with Gasteiger partial charge in [-0.15, -0.1) is 0 Å². The Morgan fingerprint density at radius 3 is 2.83 bits per heavy atom. The number of hydrogen-bond acceptors (Lipinski definition) is 4. The number of hydrogen-bond donors (Lipinski definition) is 1. The predicted molar refractivity (Wildman–Crippen MR) is 65.9 cm³/mol. The van der Waals surface area contributed by atoms with Gasteiger partial charge in [-0.2, -0.15) is 0 Å². The quantitative estimate of drug-likeness (QED) is 0.597. The van der Waals surface area contributed by atoms with E-state index in [0.29, 0.717) is 31.7 Å². The van der Waals surface area contributed by atoms with Crippen LogP contribution in [0.4, 0.5) is 4.39 Å². The zero-order chi connectivity index (χ0) is 13.4. The molecule has 0 aliphatic rings. The molecule has 0 aliphatic heterocycles. The van der Waals surface area contributed by atoms with Gasteiger partial charge in [-0.05, 0) is 31.2 Å². The second-order valence-electron chi connectivity index (χ2n) is 3.85. The van der Waals surface area contributed by atoms with E-state index in [4.69, 9.17) is 4.74 Å². The molecule has 0 aromatic heterocycles. The summed E-state index contributed by atoms with van der Waals surface area (Å²) in [6.07, 6.45) is 0.847. The van der Waals surface area contributed by atoms with Gasteiger partial charge in [0.15, 0.2) is 0 Å². The molecule has 0 heterocycles. The zero-order valence-corrected chi connectivity index (χ0v) is 10.7. The molecule has 1 aromatic rings. The van der Waals surface area contributed by atoms with Crippen molar-refractivity contribution >= 4 is 5.97 Å². The first-order valence-electron chi connectivity index (χ1n) is 5.79. The molecule has 100 valence electrons. The Morgan fingerprint density at radius 2 is 2.17 bits per heavy atom. The van der Waals surface area contributed by atoms with Gasteiger partial charge < -0.3 is 14.8 Å². The van der Waals surface area contributed by atoms with Crippen molar-refractivity contribution in [2.75, 3.05) is 20.8 Å². The number of esters is 1. The number of benzene rings is 1. The van der Waals surface area contributed by atoms with E-state index >= 15 is 0 Å². The average Bonchev–Trinajstić information content (AvgIpc) is 2.34. The molecule has 18 heavy (non-hydrogen) atoms. The lowest BCUT2D eigenvalue weighted by molar-refractivity contribution is -0.140. The highest BCUT2D eigenvalue weighted by Gasteiger charge is 2.03. The number of carbonyl (C=O) groups is 1. The first kappa shape index (κ1) is 14.4. The lowest BCUT2D eigenvalue weighted by Gasteiger charge is -2.08. The van der Waals surface area contributed by atoms with E-state index in [1.807, 2.05) is 0 Å². The molecule has 1 aromatic carbocycles. The lowest BCUT2D eigenvalue weighted by Crippen LogP contribution is -2.07. The van der Waals surface area contributed by atoms with Gasteiger partial charge in [-0.25, -0.2) is 4.39 Å². The van der Waals surface area contributed by atoms with E-state index in [1.165, 1.54) is 19.2 Å². The summed E-state index contributed by atoms with van der Waals surface area (Å²) in [5, 5.41) is 2.94. The van der Waals surface area contributed by atoms with E-state index in [1.54, 1.807) is 13.1 Å². The molecule has 0 fully saturated rings. The number of carbonyl (C=O) groups excluding carboxylic acids is 1. The highest BCUT2D eigenvalue weighted by Crippen LogP contribution is 2.16. The van der Waals surface area contributed by atoms with Crippen LogP contribution in [0.15, 0.2) is 18.2 Å². The summed E-state index contributed by atoms with van der Waals surface area (Å²) in [7, 11) is 3.14. The maximum Gasteiger partial charge on any atom is 0.305 e. The van der Waals surface area contributed by atoms with Crippen LogP contribution >= 0.6 is 0 Å². The fraction of sp³-hybridized carbons (Fsp3) is 0.462. The van der Waals surface area contributed by atoms with E-state index in [0.717, 1.165) is 5.56 Å². The van der Waals surface area contributed by atoms with E-state index < -0.39 is 0 Å². The van der Waals surface area contributed by atoms with Crippen molar-refractivity contribution in [3.05, 3.63) is 29.6 Å². The number of nitrogens with one attached hydrogen (secondary N) is 1. The molecular formula is C13H18FNO3. The minimum Gasteiger partial charge on any atom is -0.493 e. The van der Waals surface area contributed by atoms with Gasteiger partial charge in [-0.3, -0.25) is 4.79 Å². The summed E-state index contributed by atoms with van der Waals surface area (Å²) in [6.45, 7) is 0.938. The third-order valence-corrected chi connectivity index (χ3v) is 2.33. The third kappa shape index (κ3) is 5.14. The molecule has 0 radical (unpaired) electrons. The van der Waals surface area contributed by atoms with Crippen molar-refractivity contribution in [3.8, 4) is 5.75 Å². The van der Waals surface area contributed by atoms with Crippen molar-refractivity contribution in [2.24, 2.45) is 0 Å². The molecular weight excluding hydrogens is 237 g/mol. The zero-order valence-electron chi connectivity index (χ0n) is 10.7. The van der Waals surface area contributed by atoms with Crippen molar-refractivity contribution < 1.29 is 18.7 Å². The first-order valence-corrected chi connectivity index (χ1v) is 5.79. The smallest absolute Gasteiger partial charge is 0.305 e. The van der Waals surface area contributed by atoms with Crippen LogP contribution in [0.5, 0.6) is 5.75 Å². The molecule has 4 nitrogen and oxygen atoms in total. The summed E-state index contributed by atoms with van der Waals surface area (Å²) in [6, 6.07) is 4.56. The van der Waals surface area contributed by atoms with Crippen LogP contribution in [0.1, 0.15) is 18.4 Å². The highest BCUT2D eigenvalue weighted by molar-refractivity contribution is 5.69. The standard InChI is InChI=1S/C13H18FNO3/c1-15-9-10-6-11(14)8-12(7-10)18-5-3-4-13(16)17-2/h6-8,15H,3-5,9H2,1-2H3. The van der Waals surface area contributed by atoms with Crippen LogP contribution in [0.3, 0.4) is 0 Å². The van der Waals surface area contributed by atoms with Crippen molar-refractivity contribution in [2.45, 2.75) is 19.4 Å².